The first-order valence-corrected chi connectivity index (χ1v) is 12.6. The molecule has 10 heteroatoms. The van der Waals surface area contributed by atoms with Crippen molar-refractivity contribution >= 4 is 34.2 Å². The quantitative estimate of drug-likeness (QED) is 0.472. The average molecular weight is 514 g/mol. The Balaban J connectivity index is 1.30. The summed E-state index contributed by atoms with van der Waals surface area (Å²) in [6.07, 6.45) is 1.73. The van der Waals surface area contributed by atoms with Gasteiger partial charge >= 0.3 is 0 Å². The molecule has 0 spiro atoms. The Morgan fingerprint density at radius 2 is 1.89 bits per heavy atom. The standard InChI is InChI=1S/C28H27N5O5/c1-27-9-10-28(38-27,11-12-37-21-13-17(15-36-2)31-26(30)32-21)23-22(27)24(34)33(25(23)35)20-8-7-16(14-29)18-5-3-4-6-19(18)20/h3-8,13,22-23H,9-12,15H2,1-2H3,(H2,30,31,32). The number of nitrogens with zero attached hydrogens (tertiary/aromatic N) is 4. The number of nitrogen functional groups attached to an aromatic ring is 1. The molecule has 38 heavy (non-hydrogen) atoms. The van der Waals surface area contributed by atoms with E-state index in [0.717, 1.165) is 0 Å². The van der Waals surface area contributed by atoms with E-state index in [1.165, 1.54) is 4.90 Å². The highest BCUT2D eigenvalue weighted by Gasteiger charge is 2.73. The molecule has 3 aliphatic rings. The zero-order chi connectivity index (χ0) is 26.7. The lowest BCUT2D eigenvalue weighted by molar-refractivity contribution is -0.131. The number of fused-ring (bicyclic) bond motifs is 6. The van der Waals surface area contributed by atoms with Crippen LogP contribution in [0.15, 0.2) is 42.5 Å². The maximum absolute atomic E-state index is 14.0. The molecule has 0 aliphatic carbocycles. The van der Waals surface area contributed by atoms with Gasteiger partial charge in [0.25, 0.3) is 0 Å². The third-order valence-electron chi connectivity index (χ3n) is 8.11. The predicted molar refractivity (Wildman–Crippen MR) is 137 cm³/mol. The van der Waals surface area contributed by atoms with Gasteiger partial charge in [0.05, 0.1) is 59.3 Å². The molecule has 3 aliphatic heterocycles. The van der Waals surface area contributed by atoms with E-state index in [0.29, 0.717) is 52.9 Å². The van der Waals surface area contributed by atoms with Gasteiger partial charge in [-0.1, -0.05) is 24.3 Å². The van der Waals surface area contributed by atoms with Crippen LogP contribution >= 0.6 is 0 Å². The monoisotopic (exact) mass is 513 g/mol. The van der Waals surface area contributed by atoms with E-state index < -0.39 is 23.0 Å². The first kappa shape index (κ1) is 24.3. The Morgan fingerprint density at radius 3 is 2.66 bits per heavy atom. The number of benzene rings is 2. The van der Waals surface area contributed by atoms with E-state index in [9.17, 15) is 14.9 Å². The van der Waals surface area contributed by atoms with Crippen molar-refractivity contribution in [3.05, 3.63) is 53.7 Å². The van der Waals surface area contributed by atoms with Crippen molar-refractivity contribution in [1.29, 1.82) is 5.26 Å². The number of anilines is 2. The number of amides is 2. The highest BCUT2D eigenvalue weighted by Crippen LogP contribution is 2.62. The molecule has 194 valence electrons. The molecule has 3 aromatic rings. The molecule has 4 atom stereocenters. The molecular formula is C28H27N5O5. The maximum atomic E-state index is 14.0. The molecule has 1 aromatic heterocycles. The molecule has 3 fully saturated rings. The Hall–Kier alpha value is -4.07. The molecule has 0 saturated carbocycles. The van der Waals surface area contributed by atoms with Crippen molar-refractivity contribution in [2.45, 2.75) is 44.0 Å². The second-order valence-corrected chi connectivity index (χ2v) is 10.3. The Bertz CT molecular complexity index is 1520. The summed E-state index contributed by atoms with van der Waals surface area (Å²) in [6, 6.07) is 14.5. The molecule has 0 radical (unpaired) electrons. The molecule has 4 unspecified atom stereocenters. The van der Waals surface area contributed by atoms with Crippen LogP contribution < -0.4 is 15.4 Å². The molecule has 3 saturated heterocycles. The number of nitrogens with two attached hydrogens (primary N) is 1. The lowest BCUT2D eigenvalue weighted by atomic mass is 9.67. The lowest BCUT2D eigenvalue weighted by Gasteiger charge is -2.31. The van der Waals surface area contributed by atoms with Gasteiger partial charge in [-0.2, -0.15) is 10.2 Å². The van der Waals surface area contributed by atoms with Crippen molar-refractivity contribution < 1.29 is 23.8 Å². The van der Waals surface area contributed by atoms with Crippen molar-refractivity contribution in [2.24, 2.45) is 11.8 Å². The minimum Gasteiger partial charge on any atom is -0.477 e. The smallest absolute Gasteiger partial charge is 0.240 e. The van der Waals surface area contributed by atoms with E-state index >= 15 is 0 Å². The van der Waals surface area contributed by atoms with Gasteiger partial charge in [0, 0.05) is 30.4 Å². The van der Waals surface area contributed by atoms with Gasteiger partial charge < -0.3 is 19.9 Å². The van der Waals surface area contributed by atoms with Crippen molar-refractivity contribution in [2.75, 3.05) is 24.4 Å². The third-order valence-corrected chi connectivity index (χ3v) is 8.11. The van der Waals surface area contributed by atoms with Crippen LogP contribution in [0.1, 0.15) is 37.4 Å². The van der Waals surface area contributed by atoms with Crippen LogP contribution in [0.5, 0.6) is 5.88 Å². The number of rotatable bonds is 7. The molecule has 2 N–H and O–H groups in total. The summed E-state index contributed by atoms with van der Waals surface area (Å²) >= 11 is 0. The molecule has 6 rings (SSSR count). The van der Waals surface area contributed by atoms with E-state index in [-0.39, 0.29) is 31.0 Å². The van der Waals surface area contributed by atoms with Crippen LogP contribution in [0.2, 0.25) is 0 Å². The first-order chi connectivity index (χ1) is 18.3. The van der Waals surface area contributed by atoms with E-state index in [2.05, 4.69) is 16.0 Å². The number of nitriles is 1. The van der Waals surface area contributed by atoms with Crippen molar-refractivity contribution in [3.63, 3.8) is 0 Å². The van der Waals surface area contributed by atoms with Crippen LogP contribution in [0.3, 0.4) is 0 Å². The number of methoxy groups -OCH3 is 1. The molecule has 2 aromatic carbocycles. The number of carbonyl (C=O) groups excluding carboxylic acids is 2. The Labute approximate surface area is 219 Å². The summed E-state index contributed by atoms with van der Waals surface area (Å²) in [4.78, 5) is 37.4. The summed E-state index contributed by atoms with van der Waals surface area (Å²) in [6.45, 7) is 2.42. The van der Waals surface area contributed by atoms with E-state index in [1.807, 2.05) is 31.2 Å². The van der Waals surface area contributed by atoms with Crippen LogP contribution in [-0.4, -0.2) is 46.7 Å². The van der Waals surface area contributed by atoms with Crippen LogP contribution in [0.4, 0.5) is 11.6 Å². The minimum absolute atomic E-state index is 0.0835. The molecule has 10 nitrogen and oxygen atoms in total. The normalized spacial score (nSPS) is 27.7. The molecule has 4 heterocycles. The number of hydrogen-bond donors (Lipinski definition) is 1. The zero-order valence-corrected chi connectivity index (χ0v) is 21.1. The highest BCUT2D eigenvalue weighted by atomic mass is 16.5. The third kappa shape index (κ3) is 3.54. The van der Waals surface area contributed by atoms with Gasteiger partial charge in [-0.25, -0.2) is 9.88 Å². The SMILES string of the molecule is COCc1cc(OCCC23CCC(C)(O2)C2C(=O)N(c4ccc(C#N)c5ccccc45)C(=O)C23)nc(N)n1. The summed E-state index contributed by atoms with van der Waals surface area (Å²) in [5.74, 6) is -1.33. The van der Waals surface area contributed by atoms with Crippen LogP contribution in [0.25, 0.3) is 10.8 Å². The number of hydrogen-bond acceptors (Lipinski definition) is 9. The largest absolute Gasteiger partial charge is 0.477 e. The fourth-order valence-corrected chi connectivity index (χ4v) is 6.54. The van der Waals surface area contributed by atoms with Gasteiger partial charge in [0.1, 0.15) is 0 Å². The van der Waals surface area contributed by atoms with Crippen molar-refractivity contribution in [1.82, 2.24) is 9.97 Å². The van der Waals surface area contributed by atoms with E-state index in [1.54, 1.807) is 25.3 Å². The summed E-state index contributed by atoms with van der Waals surface area (Å²) in [7, 11) is 1.56. The van der Waals surface area contributed by atoms with Gasteiger partial charge in [-0.15, -0.1) is 0 Å². The van der Waals surface area contributed by atoms with Gasteiger partial charge in [0.2, 0.25) is 23.6 Å². The zero-order valence-electron chi connectivity index (χ0n) is 21.1. The van der Waals surface area contributed by atoms with Crippen molar-refractivity contribution in [3.8, 4) is 11.9 Å². The van der Waals surface area contributed by atoms with Gasteiger partial charge in [-0.05, 0) is 31.9 Å². The molecular weight excluding hydrogens is 486 g/mol. The average Bonchev–Trinajstić information content (AvgIpc) is 3.47. The fraction of sp³-hybridized carbons (Fsp3) is 0.393. The maximum Gasteiger partial charge on any atom is 0.240 e. The first-order valence-electron chi connectivity index (χ1n) is 12.6. The van der Waals surface area contributed by atoms with Gasteiger partial charge in [-0.3, -0.25) is 9.59 Å². The summed E-state index contributed by atoms with van der Waals surface area (Å²) < 4.78 is 17.5. The number of aromatic nitrogens is 2. The number of imide groups is 1. The second kappa shape index (κ2) is 8.75. The highest BCUT2D eigenvalue weighted by molar-refractivity contribution is 6.26. The second-order valence-electron chi connectivity index (χ2n) is 10.3. The Kier molecular flexibility index (Phi) is 5.59. The number of ether oxygens (including phenoxy) is 3. The summed E-state index contributed by atoms with van der Waals surface area (Å²) in [5, 5.41) is 10.9. The Morgan fingerprint density at radius 1 is 1.13 bits per heavy atom. The lowest BCUT2D eigenvalue weighted by Crippen LogP contribution is -2.43. The van der Waals surface area contributed by atoms with E-state index in [4.69, 9.17) is 19.9 Å². The fourth-order valence-electron chi connectivity index (χ4n) is 6.54. The number of carbonyl (C=O) groups is 2. The van der Waals surface area contributed by atoms with Gasteiger partial charge in [0.15, 0.2) is 0 Å². The topological polar surface area (TPSA) is 141 Å². The predicted octanol–water partition coefficient (Wildman–Crippen LogP) is 3.13. The molecule has 2 amide bonds. The minimum atomic E-state index is -0.822. The summed E-state index contributed by atoms with van der Waals surface area (Å²) in [5.41, 5.74) is 5.84. The van der Waals surface area contributed by atoms with Crippen LogP contribution in [0, 0.1) is 23.2 Å². The van der Waals surface area contributed by atoms with Crippen LogP contribution in [-0.2, 0) is 25.7 Å². The molecule has 2 bridgehead atoms.